The van der Waals surface area contributed by atoms with Crippen molar-refractivity contribution in [3.63, 3.8) is 0 Å². The van der Waals surface area contributed by atoms with Crippen LogP contribution in [0, 0.1) is 5.82 Å². The number of ether oxygens (including phenoxy) is 1. The second-order valence-electron chi connectivity index (χ2n) is 6.99. The van der Waals surface area contributed by atoms with Gasteiger partial charge in [-0.2, -0.15) is 0 Å². The number of hydrogen-bond acceptors (Lipinski definition) is 3. The zero-order valence-electron chi connectivity index (χ0n) is 13.1. The lowest BCUT2D eigenvalue weighted by Crippen LogP contribution is -2.57. The largest absolute Gasteiger partial charge is 0.489 e. The SMILES string of the molecule is O=[14C](O)c1ccc(F)c2c1C[C@@H](N(C1CCC1)C1CCC1)CO2. The zero-order chi connectivity index (χ0) is 16.0. The number of hydrogen-bond donors (Lipinski definition) is 1. The molecule has 124 valence electrons. The summed E-state index contributed by atoms with van der Waals surface area (Å²) in [5.74, 6) is -1.32. The Morgan fingerprint density at radius 1 is 1.13 bits per heavy atom. The molecule has 2 saturated carbocycles. The molecule has 1 aromatic carbocycles. The topological polar surface area (TPSA) is 49.8 Å². The van der Waals surface area contributed by atoms with E-state index in [2.05, 4.69) is 4.90 Å². The standard InChI is InChI=1S/C18H22FNO3/c19-16-8-7-14(18(21)22)15-9-13(10-23-17(15)16)20(11-3-1-4-11)12-5-2-6-12/h7-8,11-13H,1-6,9-10H2,(H,21,22)/t13-/m1/s1/i18+2. The summed E-state index contributed by atoms with van der Waals surface area (Å²) < 4.78 is 19.7. The maximum atomic E-state index is 14.0. The van der Waals surface area contributed by atoms with Gasteiger partial charge in [-0.3, -0.25) is 4.90 Å². The van der Waals surface area contributed by atoms with Crippen LogP contribution in [0.4, 0.5) is 4.39 Å². The van der Waals surface area contributed by atoms with Crippen molar-refractivity contribution in [2.75, 3.05) is 6.61 Å². The lowest BCUT2D eigenvalue weighted by Gasteiger charge is -2.51. The number of aromatic carboxylic acids is 1. The van der Waals surface area contributed by atoms with Crippen molar-refractivity contribution in [1.29, 1.82) is 0 Å². The minimum absolute atomic E-state index is 0.142. The fourth-order valence-electron chi connectivity index (χ4n) is 4.09. The van der Waals surface area contributed by atoms with E-state index < -0.39 is 11.8 Å². The molecule has 23 heavy (non-hydrogen) atoms. The number of halogens is 1. The summed E-state index contributed by atoms with van der Waals surface area (Å²) in [6.07, 6.45) is 7.98. The molecular formula is C18H22FNO3. The van der Waals surface area contributed by atoms with Gasteiger partial charge in [-0.25, -0.2) is 9.18 Å². The first-order valence-corrected chi connectivity index (χ1v) is 8.60. The Morgan fingerprint density at radius 2 is 1.78 bits per heavy atom. The lowest BCUT2D eigenvalue weighted by atomic mass is 9.82. The monoisotopic (exact) mass is 321 g/mol. The summed E-state index contributed by atoms with van der Waals surface area (Å²) in [5, 5.41) is 9.40. The molecule has 1 N–H and O–H groups in total. The highest BCUT2D eigenvalue weighted by Crippen LogP contribution is 2.39. The van der Waals surface area contributed by atoms with Crippen LogP contribution in [0.3, 0.4) is 0 Å². The number of carboxylic acids is 1. The van der Waals surface area contributed by atoms with E-state index >= 15 is 0 Å². The minimum atomic E-state index is -1.01. The molecule has 1 heterocycles. The van der Waals surface area contributed by atoms with Gasteiger partial charge in [0.1, 0.15) is 6.61 Å². The van der Waals surface area contributed by atoms with E-state index in [1.165, 1.54) is 50.7 Å². The molecule has 1 aromatic rings. The van der Waals surface area contributed by atoms with Crippen LogP contribution in [-0.4, -0.2) is 40.7 Å². The normalized spacial score (nSPS) is 24.5. The number of carboxylic acid groups (broad SMARTS) is 1. The second-order valence-corrected chi connectivity index (χ2v) is 6.99. The summed E-state index contributed by atoms with van der Waals surface area (Å²) in [6, 6.07) is 3.91. The first kappa shape index (κ1) is 14.9. The Labute approximate surface area is 135 Å². The van der Waals surface area contributed by atoms with Crippen LogP contribution in [0.25, 0.3) is 0 Å². The molecule has 0 radical (unpaired) electrons. The van der Waals surface area contributed by atoms with Gasteiger partial charge < -0.3 is 9.84 Å². The van der Waals surface area contributed by atoms with Gasteiger partial charge in [0.15, 0.2) is 11.6 Å². The van der Waals surface area contributed by atoms with Crippen molar-refractivity contribution < 1.29 is 19.0 Å². The van der Waals surface area contributed by atoms with E-state index in [0.29, 0.717) is 30.7 Å². The predicted octanol–water partition coefficient (Wildman–Crippen LogP) is 3.23. The maximum absolute atomic E-state index is 14.0. The molecule has 2 fully saturated rings. The highest BCUT2D eigenvalue weighted by molar-refractivity contribution is 5.90. The summed E-state index contributed by atoms with van der Waals surface area (Å²) in [4.78, 5) is 14.0. The van der Waals surface area contributed by atoms with Crippen molar-refractivity contribution in [2.24, 2.45) is 0 Å². The van der Waals surface area contributed by atoms with Crippen LogP contribution in [0.5, 0.6) is 5.75 Å². The molecule has 1 atom stereocenters. The molecule has 0 bridgehead atoms. The molecule has 0 spiro atoms. The zero-order valence-corrected chi connectivity index (χ0v) is 13.1. The molecule has 0 unspecified atom stereocenters. The third kappa shape index (κ3) is 2.51. The Kier molecular flexibility index (Phi) is 3.76. The fourth-order valence-corrected chi connectivity index (χ4v) is 4.09. The van der Waals surface area contributed by atoms with Gasteiger partial charge in [-0.1, -0.05) is 12.8 Å². The smallest absolute Gasteiger partial charge is 0.336 e. The van der Waals surface area contributed by atoms with Gasteiger partial charge in [0.2, 0.25) is 0 Å². The van der Waals surface area contributed by atoms with Crippen LogP contribution in [-0.2, 0) is 6.42 Å². The minimum Gasteiger partial charge on any atom is -0.489 e. The van der Waals surface area contributed by atoms with E-state index in [9.17, 15) is 14.3 Å². The van der Waals surface area contributed by atoms with Gasteiger partial charge >= 0.3 is 5.97 Å². The molecule has 4 rings (SSSR count). The Hall–Kier alpha value is -1.62. The Morgan fingerprint density at radius 3 is 2.30 bits per heavy atom. The summed E-state index contributed by atoms with van der Waals surface area (Å²) in [6.45, 7) is 0.458. The quantitative estimate of drug-likeness (QED) is 0.925. The van der Waals surface area contributed by atoms with Crippen molar-refractivity contribution >= 4 is 5.97 Å². The lowest BCUT2D eigenvalue weighted by molar-refractivity contribution is -0.0194. The third-order valence-corrected chi connectivity index (χ3v) is 5.72. The van der Waals surface area contributed by atoms with E-state index in [0.717, 1.165) is 0 Å². The molecule has 5 heteroatoms. The van der Waals surface area contributed by atoms with Crippen LogP contribution in [0.1, 0.15) is 54.4 Å². The van der Waals surface area contributed by atoms with Crippen molar-refractivity contribution in [2.45, 2.75) is 63.1 Å². The molecule has 1 aliphatic heterocycles. The van der Waals surface area contributed by atoms with E-state index in [-0.39, 0.29) is 17.4 Å². The Bertz CT molecular complexity index is 611. The summed E-state index contributed by atoms with van der Waals surface area (Å²) in [7, 11) is 0. The molecular weight excluding hydrogens is 299 g/mol. The van der Waals surface area contributed by atoms with Crippen LogP contribution in [0.2, 0.25) is 0 Å². The number of nitrogens with zero attached hydrogens (tertiary/aromatic N) is 1. The van der Waals surface area contributed by atoms with E-state index in [1.54, 1.807) is 0 Å². The molecule has 0 aromatic heterocycles. The van der Waals surface area contributed by atoms with Crippen molar-refractivity contribution in [3.8, 4) is 5.75 Å². The van der Waals surface area contributed by atoms with Gasteiger partial charge in [0, 0.05) is 23.7 Å². The average Bonchev–Trinajstić information content (AvgIpc) is 2.42. The predicted molar refractivity (Wildman–Crippen MR) is 83.5 cm³/mol. The van der Waals surface area contributed by atoms with Gasteiger partial charge in [-0.15, -0.1) is 0 Å². The van der Waals surface area contributed by atoms with Gasteiger partial charge in [0.05, 0.1) is 5.56 Å². The van der Waals surface area contributed by atoms with Crippen molar-refractivity contribution in [1.82, 2.24) is 4.90 Å². The number of carbonyl (C=O) groups is 1. The summed E-state index contributed by atoms with van der Waals surface area (Å²) >= 11 is 0. The highest BCUT2D eigenvalue weighted by Gasteiger charge is 2.40. The van der Waals surface area contributed by atoms with E-state index in [1.807, 2.05) is 0 Å². The third-order valence-electron chi connectivity index (χ3n) is 5.72. The fraction of sp³-hybridized carbons (Fsp3) is 0.611. The number of fused-ring (bicyclic) bond motifs is 1. The molecule has 0 amide bonds. The van der Waals surface area contributed by atoms with Crippen LogP contribution >= 0.6 is 0 Å². The van der Waals surface area contributed by atoms with Crippen LogP contribution < -0.4 is 4.74 Å². The van der Waals surface area contributed by atoms with Crippen molar-refractivity contribution in [3.05, 3.63) is 29.1 Å². The molecule has 3 aliphatic rings. The number of benzene rings is 1. The maximum Gasteiger partial charge on any atom is 0.336 e. The first-order chi connectivity index (χ1) is 11.1. The van der Waals surface area contributed by atoms with Gasteiger partial charge in [-0.05, 0) is 44.2 Å². The Balaban J connectivity index is 1.64. The molecule has 2 aliphatic carbocycles. The first-order valence-electron chi connectivity index (χ1n) is 8.60. The average molecular weight is 321 g/mol. The van der Waals surface area contributed by atoms with E-state index in [4.69, 9.17) is 4.74 Å². The molecule has 4 nitrogen and oxygen atoms in total. The summed E-state index contributed by atoms with van der Waals surface area (Å²) in [5.41, 5.74) is 0.700. The van der Waals surface area contributed by atoms with Gasteiger partial charge in [0.25, 0.3) is 0 Å². The van der Waals surface area contributed by atoms with Crippen LogP contribution in [0.15, 0.2) is 12.1 Å². The molecule has 0 saturated heterocycles. The second kappa shape index (κ2) is 5.78. The highest BCUT2D eigenvalue weighted by atomic mass is 19.1. The number of rotatable bonds is 4.